The lowest BCUT2D eigenvalue weighted by Gasteiger charge is -2.40. The number of hydrogen-bond acceptors (Lipinski definition) is 2. The van der Waals surface area contributed by atoms with E-state index >= 15 is 0 Å². The Morgan fingerprint density at radius 3 is 2.43 bits per heavy atom. The Morgan fingerprint density at radius 2 is 1.81 bits per heavy atom. The highest BCUT2D eigenvalue weighted by molar-refractivity contribution is 5.21. The van der Waals surface area contributed by atoms with Crippen LogP contribution in [0.5, 0.6) is 0 Å². The van der Waals surface area contributed by atoms with Crippen LogP contribution in [0.25, 0.3) is 0 Å². The predicted molar refractivity (Wildman–Crippen MR) is 80.0 cm³/mol. The summed E-state index contributed by atoms with van der Waals surface area (Å²) in [5.41, 5.74) is -0.158. The highest BCUT2D eigenvalue weighted by Gasteiger charge is 2.36. The first-order valence-corrected chi connectivity index (χ1v) is 7.62. The number of halogens is 2. The van der Waals surface area contributed by atoms with Crippen molar-refractivity contribution in [3.63, 3.8) is 0 Å². The minimum absolute atomic E-state index is 0.284. The molecular weight excluding hydrogens is 272 g/mol. The van der Waals surface area contributed by atoms with E-state index in [-0.39, 0.29) is 11.5 Å². The molecule has 1 aromatic rings. The van der Waals surface area contributed by atoms with Crippen molar-refractivity contribution in [2.75, 3.05) is 6.54 Å². The molecule has 118 valence electrons. The average molecular weight is 297 g/mol. The molecule has 1 saturated carbocycles. The molecule has 1 aromatic carbocycles. The molecule has 0 spiro atoms. The Balaban J connectivity index is 1.95. The van der Waals surface area contributed by atoms with E-state index in [1.54, 1.807) is 6.92 Å². The van der Waals surface area contributed by atoms with Crippen molar-refractivity contribution in [1.29, 1.82) is 0 Å². The number of aliphatic hydroxyl groups is 1. The van der Waals surface area contributed by atoms with E-state index in [0.717, 1.165) is 37.8 Å². The summed E-state index contributed by atoms with van der Waals surface area (Å²) >= 11 is 0. The highest BCUT2D eigenvalue weighted by atomic mass is 19.1. The quantitative estimate of drug-likeness (QED) is 0.882. The number of hydrogen-bond donors (Lipinski definition) is 2. The third-order valence-electron chi connectivity index (χ3n) is 4.70. The summed E-state index contributed by atoms with van der Waals surface area (Å²) in [7, 11) is 0. The van der Waals surface area contributed by atoms with Gasteiger partial charge in [0.05, 0.1) is 5.60 Å². The van der Waals surface area contributed by atoms with E-state index < -0.39 is 17.2 Å². The van der Waals surface area contributed by atoms with Gasteiger partial charge in [-0.3, -0.25) is 0 Å². The first-order chi connectivity index (χ1) is 9.71. The molecule has 2 rings (SSSR count). The zero-order valence-electron chi connectivity index (χ0n) is 13.0. The van der Waals surface area contributed by atoms with Crippen LogP contribution in [0.4, 0.5) is 8.78 Å². The molecule has 0 saturated heterocycles. The topological polar surface area (TPSA) is 32.3 Å². The molecule has 1 fully saturated rings. The number of benzene rings is 1. The minimum Gasteiger partial charge on any atom is -0.389 e. The summed E-state index contributed by atoms with van der Waals surface area (Å²) in [5.74, 6) is -0.869. The molecule has 0 aromatic heterocycles. The zero-order valence-corrected chi connectivity index (χ0v) is 13.0. The van der Waals surface area contributed by atoms with Gasteiger partial charge in [-0.1, -0.05) is 13.8 Å². The first-order valence-electron chi connectivity index (χ1n) is 7.62. The van der Waals surface area contributed by atoms with Crippen molar-refractivity contribution in [3.8, 4) is 0 Å². The van der Waals surface area contributed by atoms with E-state index in [1.807, 2.05) is 0 Å². The van der Waals surface area contributed by atoms with Gasteiger partial charge in [0.2, 0.25) is 0 Å². The Bertz CT molecular complexity index is 492. The zero-order chi connectivity index (χ0) is 15.7. The van der Waals surface area contributed by atoms with Crippen LogP contribution in [0.1, 0.15) is 58.1 Å². The van der Waals surface area contributed by atoms with E-state index in [1.165, 1.54) is 6.07 Å². The fraction of sp³-hybridized carbons (Fsp3) is 0.647. The fourth-order valence-corrected chi connectivity index (χ4v) is 2.87. The van der Waals surface area contributed by atoms with Gasteiger partial charge in [0, 0.05) is 18.2 Å². The molecule has 1 aliphatic carbocycles. The van der Waals surface area contributed by atoms with Crippen LogP contribution in [-0.4, -0.2) is 17.3 Å². The second-order valence-electron chi connectivity index (χ2n) is 7.16. The standard InChI is InChI=1S/C17H25F2NO/c1-12(14-10-13(18)4-5-15(14)19)20-11-17(21)8-6-16(2,3)7-9-17/h4-5,10,12,20-21H,6-9,11H2,1-3H3. The van der Waals surface area contributed by atoms with Crippen LogP contribution < -0.4 is 5.32 Å². The van der Waals surface area contributed by atoms with Crippen LogP contribution in [0.2, 0.25) is 0 Å². The minimum atomic E-state index is -0.742. The van der Waals surface area contributed by atoms with Crippen molar-refractivity contribution in [3.05, 3.63) is 35.4 Å². The SMILES string of the molecule is CC(NCC1(O)CCC(C)(C)CC1)c1cc(F)ccc1F. The van der Waals surface area contributed by atoms with Gasteiger partial charge in [-0.25, -0.2) is 8.78 Å². The molecular formula is C17H25F2NO. The number of rotatable bonds is 4. The summed E-state index contributed by atoms with van der Waals surface area (Å²) in [6.07, 6.45) is 3.44. The Morgan fingerprint density at radius 1 is 1.19 bits per heavy atom. The maximum atomic E-state index is 13.7. The molecule has 0 aliphatic heterocycles. The Labute approximate surface area is 125 Å². The van der Waals surface area contributed by atoms with Gasteiger partial charge in [-0.2, -0.15) is 0 Å². The lowest BCUT2D eigenvalue weighted by atomic mass is 9.71. The molecule has 2 nitrogen and oxygen atoms in total. The van der Waals surface area contributed by atoms with Crippen molar-refractivity contribution < 1.29 is 13.9 Å². The molecule has 1 aliphatic rings. The van der Waals surface area contributed by atoms with Crippen molar-refractivity contribution in [2.45, 2.75) is 58.1 Å². The molecule has 21 heavy (non-hydrogen) atoms. The van der Waals surface area contributed by atoms with Gasteiger partial charge in [-0.15, -0.1) is 0 Å². The number of nitrogens with one attached hydrogen (secondary N) is 1. The molecule has 0 heterocycles. The maximum Gasteiger partial charge on any atom is 0.128 e. The van der Waals surface area contributed by atoms with Crippen LogP contribution in [0.15, 0.2) is 18.2 Å². The van der Waals surface area contributed by atoms with Crippen LogP contribution in [0, 0.1) is 17.0 Å². The van der Waals surface area contributed by atoms with Gasteiger partial charge < -0.3 is 10.4 Å². The first kappa shape index (κ1) is 16.4. The Hall–Kier alpha value is -1.00. The van der Waals surface area contributed by atoms with E-state index in [4.69, 9.17) is 0 Å². The predicted octanol–water partition coefficient (Wildman–Crippen LogP) is 3.95. The monoisotopic (exact) mass is 297 g/mol. The van der Waals surface area contributed by atoms with E-state index in [2.05, 4.69) is 19.2 Å². The maximum absolute atomic E-state index is 13.7. The normalized spacial score (nSPS) is 22.0. The lowest BCUT2D eigenvalue weighted by Crippen LogP contribution is -2.45. The highest BCUT2D eigenvalue weighted by Crippen LogP contribution is 2.40. The van der Waals surface area contributed by atoms with Gasteiger partial charge in [0.15, 0.2) is 0 Å². The van der Waals surface area contributed by atoms with Crippen molar-refractivity contribution in [2.24, 2.45) is 5.41 Å². The summed E-state index contributed by atoms with van der Waals surface area (Å²) in [4.78, 5) is 0. The molecule has 0 radical (unpaired) electrons. The third-order valence-corrected chi connectivity index (χ3v) is 4.70. The second-order valence-corrected chi connectivity index (χ2v) is 7.16. The smallest absolute Gasteiger partial charge is 0.128 e. The van der Waals surface area contributed by atoms with E-state index in [9.17, 15) is 13.9 Å². The summed E-state index contributed by atoms with van der Waals surface area (Å²) < 4.78 is 26.9. The summed E-state index contributed by atoms with van der Waals surface area (Å²) in [6, 6.07) is 3.13. The third kappa shape index (κ3) is 4.24. The Kier molecular flexibility index (Phi) is 4.69. The van der Waals surface area contributed by atoms with Gasteiger partial charge in [0.1, 0.15) is 11.6 Å². The summed E-state index contributed by atoms with van der Waals surface area (Å²) in [5, 5.41) is 13.7. The van der Waals surface area contributed by atoms with Gasteiger partial charge >= 0.3 is 0 Å². The molecule has 2 N–H and O–H groups in total. The summed E-state index contributed by atoms with van der Waals surface area (Å²) in [6.45, 7) is 6.61. The fourth-order valence-electron chi connectivity index (χ4n) is 2.87. The second kappa shape index (κ2) is 6.01. The van der Waals surface area contributed by atoms with Crippen molar-refractivity contribution in [1.82, 2.24) is 5.32 Å². The molecule has 0 bridgehead atoms. The van der Waals surface area contributed by atoms with Crippen LogP contribution in [0.3, 0.4) is 0 Å². The van der Waals surface area contributed by atoms with Crippen molar-refractivity contribution >= 4 is 0 Å². The largest absolute Gasteiger partial charge is 0.389 e. The van der Waals surface area contributed by atoms with Crippen LogP contribution in [-0.2, 0) is 0 Å². The molecule has 1 atom stereocenters. The molecule has 1 unspecified atom stereocenters. The molecule has 4 heteroatoms. The van der Waals surface area contributed by atoms with Crippen LogP contribution >= 0.6 is 0 Å². The van der Waals surface area contributed by atoms with Gasteiger partial charge in [0.25, 0.3) is 0 Å². The average Bonchev–Trinajstić information content (AvgIpc) is 2.43. The lowest BCUT2D eigenvalue weighted by molar-refractivity contribution is -0.0258. The van der Waals surface area contributed by atoms with E-state index in [0.29, 0.717) is 12.1 Å². The van der Waals surface area contributed by atoms with Gasteiger partial charge in [-0.05, 0) is 56.2 Å². The molecule has 0 amide bonds.